The Balaban J connectivity index is 1.86. The summed E-state index contributed by atoms with van der Waals surface area (Å²) in [4.78, 5) is 12.1. The van der Waals surface area contributed by atoms with Crippen LogP contribution >= 0.6 is 0 Å². The third-order valence-corrected chi connectivity index (χ3v) is 5.73. The van der Waals surface area contributed by atoms with Gasteiger partial charge < -0.3 is 11.1 Å². The zero-order valence-electron chi connectivity index (χ0n) is 11.6. The fourth-order valence-electron chi connectivity index (χ4n) is 3.45. The first kappa shape index (κ1) is 12.9. The third kappa shape index (κ3) is 1.88. The van der Waals surface area contributed by atoms with E-state index in [1.807, 2.05) is 0 Å². The average Bonchev–Trinajstić information content (AvgIpc) is 2.58. The number of nitrogens with one attached hydrogen (secondary N) is 1. The Kier molecular flexibility index (Phi) is 2.81. The Morgan fingerprint density at radius 2 is 1.65 bits per heavy atom. The van der Waals surface area contributed by atoms with Gasteiger partial charge in [0.25, 0.3) is 0 Å². The van der Waals surface area contributed by atoms with E-state index in [-0.39, 0.29) is 5.91 Å². The molecular weight excluding hydrogens is 212 g/mol. The molecule has 0 aromatic carbocycles. The van der Waals surface area contributed by atoms with Crippen LogP contribution in [0.3, 0.4) is 0 Å². The van der Waals surface area contributed by atoms with Gasteiger partial charge in [-0.1, -0.05) is 40.5 Å². The molecule has 0 radical (unpaired) electrons. The summed E-state index contributed by atoms with van der Waals surface area (Å²) in [6.07, 6.45) is 3.86. The van der Waals surface area contributed by atoms with E-state index in [1.54, 1.807) is 0 Å². The second-order valence-corrected chi connectivity index (χ2v) is 7.07. The molecule has 2 aliphatic carbocycles. The van der Waals surface area contributed by atoms with Crippen molar-refractivity contribution in [2.75, 3.05) is 6.54 Å². The molecule has 0 aliphatic heterocycles. The molecule has 1 amide bonds. The van der Waals surface area contributed by atoms with Crippen LogP contribution in [0, 0.1) is 16.7 Å². The molecule has 3 N–H and O–H groups in total. The van der Waals surface area contributed by atoms with Crippen molar-refractivity contribution < 1.29 is 4.79 Å². The van der Waals surface area contributed by atoms with E-state index in [2.05, 4.69) is 33.0 Å². The molecule has 3 heteroatoms. The average molecular weight is 238 g/mol. The second kappa shape index (κ2) is 3.71. The maximum absolute atomic E-state index is 12.1. The van der Waals surface area contributed by atoms with Crippen LogP contribution < -0.4 is 11.1 Å². The minimum absolute atomic E-state index is 0.0634. The van der Waals surface area contributed by atoms with Crippen molar-refractivity contribution in [1.82, 2.24) is 5.32 Å². The largest absolute Gasteiger partial charge is 0.354 e. The Morgan fingerprint density at radius 1 is 1.18 bits per heavy atom. The SMILES string of the molecule is CC1(C)C(CNC(=O)C2(N)CCCC2)C1(C)C. The first-order valence-corrected chi connectivity index (χ1v) is 6.79. The predicted molar refractivity (Wildman–Crippen MR) is 69.4 cm³/mol. The van der Waals surface area contributed by atoms with E-state index in [1.165, 1.54) is 0 Å². The molecule has 3 nitrogen and oxygen atoms in total. The molecule has 0 unspecified atom stereocenters. The van der Waals surface area contributed by atoms with Gasteiger partial charge in [0, 0.05) is 6.54 Å². The van der Waals surface area contributed by atoms with Crippen LogP contribution in [0.25, 0.3) is 0 Å². The highest BCUT2D eigenvalue weighted by Crippen LogP contribution is 2.67. The molecule has 98 valence electrons. The summed E-state index contributed by atoms with van der Waals surface area (Å²) in [5, 5.41) is 3.07. The molecule has 0 heterocycles. The third-order valence-electron chi connectivity index (χ3n) is 5.73. The Hall–Kier alpha value is -0.570. The van der Waals surface area contributed by atoms with Crippen LogP contribution in [-0.4, -0.2) is 18.0 Å². The second-order valence-electron chi connectivity index (χ2n) is 7.07. The number of amides is 1. The van der Waals surface area contributed by atoms with Gasteiger partial charge >= 0.3 is 0 Å². The number of carbonyl (C=O) groups is 1. The van der Waals surface area contributed by atoms with Gasteiger partial charge in [0.15, 0.2) is 0 Å². The highest BCUT2D eigenvalue weighted by molar-refractivity contribution is 5.86. The van der Waals surface area contributed by atoms with Crippen LogP contribution in [0.5, 0.6) is 0 Å². The summed E-state index contributed by atoms with van der Waals surface area (Å²) < 4.78 is 0. The molecule has 2 saturated carbocycles. The molecule has 0 spiro atoms. The lowest BCUT2D eigenvalue weighted by atomic mass is 9.98. The van der Waals surface area contributed by atoms with Gasteiger partial charge in [-0.3, -0.25) is 4.79 Å². The van der Waals surface area contributed by atoms with Crippen molar-refractivity contribution in [2.24, 2.45) is 22.5 Å². The fraction of sp³-hybridized carbons (Fsp3) is 0.929. The van der Waals surface area contributed by atoms with E-state index in [9.17, 15) is 4.79 Å². The van der Waals surface area contributed by atoms with Gasteiger partial charge in [-0.05, 0) is 29.6 Å². The minimum atomic E-state index is -0.580. The summed E-state index contributed by atoms with van der Waals surface area (Å²) >= 11 is 0. The van der Waals surface area contributed by atoms with Crippen molar-refractivity contribution in [2.45, 2.75) is 58.9 Å². The molecule has 0 atom stereocenters. The molecule has 2 rings (SSSR count). The van der Waals surface area contributed by atoms with Crippen LogP contribution in [0.2, 0.25) is 0 Å². The van der Waals surface area contributed by atoms with Crippen LogP contribution in [0.4, 0.5) is 0 Å². The first-order valence-electron chi connectivity index (χ1n) is 6.79. The van der Waals surface area contributed by atoms with Gasteiger partial charge in [0.1, 0.15) is 0 Å². The zero-order chi connectivity index (χ0) is 12.9. The maximum Gasteiger partial charge on any atom is 0.240 e. The fourth-order valence-corrected chi connectivity index (χ4v) is 3.45. The number of nitrogens with two attached hydrogens (primary N) is 1. The monoisotopic (exact) mass is 238 g/mol. The summed E-state index contributed by atoms with van der Waals surface area (Å²) in [5.74, 6) is 0.637. The van der Waals surface area contributed by atoms with Gasteiger partial charge in [0.2, 0.25) is 5.91 Å². The zero-order valence-corrected chi connectivity index (χ0v) is 11.6. The highest BCUT2D eigenvalue weighted by atomic mass is 16.2. The van der Waals surface area contributed by atoms with E-state index in [0.29, 0.717) is 16.7 Å². The standard InChI is InChI=1S/C14H26N2O/c1-12(2)10(13(12,3)4)9-16-11(17)14(15)7-5-6-8-14/h10H,5-9,15H2,1-4H3,(H,16,17). The minimum Gasteiger partial charge on any atom is -0.354 e. The first-order chi connectivity index (χ1) is 7.72. The van der Waals surface area contributed by atoms with E-state index in [4.69, 9.17) is 5.73 Å². The molecule has 2 aliphatic rings. The molecule has 0 saturated heterocycles. The lowest BCUT2D eigenvalue weighted by molar-refractivity contribution is -0.126. The van der Waals surface area contributed by atoms with E-state index in [0.717, 1.165) is 32.2 Å². The molecular formula is C14H26N2O. The van der Waals surface area contributed by atoms with Crippen molar-refractivity contribution in [3.05, 3.63) is 0 Å². The van der Waals surface area contributed by atoms with Crippen LogP contribution in [-0.2, 0) is 4.79 Å². The molecule has 0 aromatic rings. The highest BCUT2D eigenvalue weighted by Gasteiger charge is 2.64. The molecule has 0 aromatic heterocycles. The molecule has 0 bridgehead atoms. The van der Waals surface area contributed by atoms with Crippen LogP contribution in [0.15, 0.2) is 0 Å². The Labute approximate surface area is 105 Å². The quantitative estimate of drug-likeness (QED) is 0.790. The van der Waals surface area contributed by atoms with Crippen molar-refractivity contribution in [3.8, 4) is 0 Å². The van der Waals surface area contributed by atoms with Crippen LogP contribution in [0.1, 0.15) is 53.4 Å². The summed E-state index contributed by atoms with van der Waals surface area (Å²) in [6, 6.07) is 0. The lowest BCUT2D eigenvalue weighted by Crippen LogP contribution is -2.52. The van der Waals surface area contributed by atoms with E-state index >= 15 is 0 Å². The Bertz CT molecular complexity index is 313. The number of carbonyl (C=O) groups excluding carboxylic acids is 1. The Morgan fingerprint density at radius 3 is 2.06 bits per heavy atom. The smallest absolute Gasteiger partial charge is 0.240 e. The molecule has 2 fully saturated rings. The topological polar surface area (TPSA) is 55.1 Å². The summed E-state index contributed by atoms with van der Waals surface area (Å²) in [6.45, 7) is 9.88. The van der Waals surface area contributed by atoms with Crippen molar-refractivity contribution in [3.63, 3.8) is 0 Å². The van der Waals surface area contributed by atoms with E-state index < -0.39 is 5.54 Å². The number of hydrogen-bond donors (Lipinski definition) is 2. The predicted octanol–water partition coefficient (Wildman–Crippen LogP) is 2.06. The summed E-state index contributed by atoms with van der Waals surface area (Å²) in [7, 11) is 0. The van der Waals surface area contributed by atoms with Crippen molar-refractivity contribution >= 4 is 5.91 Å². The van der Waals surface area contributed by atoms with Gasteiger partial charge in [-0.25, -0.2) is 0 Å². The van der Waals surface area contributed by atoms with Crippen molar-refractivity contribution in [1.29, 1.82) is 0 Å². The number of hydrogen-bond acceptors (Lipinski definition) is 2. The van der Waals surface area contributed by atoms with Gasteiger partial charge in [-0.15, -0.1) is 0 Å². The maximum atomic E-state index is 12.1. The van der Waals surface area contributed by atoms with Gasteiger partial charge in [0.05, 0.1) is 5.54 Å². The lowest BCUT2D eigenvalue weighted by Gasteiger charge is -2.22. The normalized spacial score (nSPS) is 29.0. The number of rotatable bonds is 3. The summed E-state index contributed by atoms with van der Waals surface area (Å²) in [5.41, 5.74) is 6.21. The molecule has 17 heavy (non-hydrogen) atoms. The van der Waals surface area contributed by atoms with Gasteiger partial charge in [-0.2, -0.15) is 0 Å².